The monoisotopic (exact) mass is 182 g/mol. The molecule has 1 atom stereocenters. The molecule has 0 radical (unpaired) electrons. The number of hydrogen-bond donors (Lipinski definition) is 3. The molecular formula is C10H14O3. The first kappa shape index (κ1) is 10.2. The lowest BCUT2D eigenvalue weighted by Gasteiger charge is -2.21. The van der Waals surface area contributed by atoms with E-state index in [0.29, 0.717) is 6.42 Å². The molecule has 72 valence electrons. The van der Waals surface area contributed by atoms with Crippen molar-refractivity contribution in [3.8, 4) is 0 Å². The van der Waals surface area contributed by atoms with Gasteiger partial charge in [-0.05, 0) is 12.0 Å². The maximum atomic E-state index is 8.86. The van der Waals surface area contributed by atoms with Gasteiger partial charge in [0, 0.05) is 5.92 Å². The largest absolute Gasteiger partial charge is 0.343 e. The molecule has 13 heavy (non-hydrogen) atoms. The molecule has 0 heterocycles. The Kier molecular flexibility index (Phi) is 3.03. The molecule has 0 saturated heterocycles. The predicted octanol–water partition coefficient (Wildman–Crippen LogP) is 0.496. The van der Waals surface area contributed by atoms with Gasteiger partial charge in [-0.2, -0.15) is 0 Å². The third-order valence-electron chi connectivity index (χ3n) is 2.05. The second-order valence-electron chi connectivity index (χ2n) is 3.28. The fraction of sp³-hybridized carbons (Fsp3) is 0.400. The summed E-state index contributed by atoms with van der Waals surface area (Å²) in [4.78, 5) is 0. The molecule has 0 aromatic heterocycles. The van der Waals surface area contributed by atoms with Crippen LogP contribution in [0, 0.1) is 5.92 Å². The molecule has 3 heteroatoms. The summed E-state index contributed by atoms with van der Waals surface area (Å²) in [6, 6.07) is 9.38. The first-order valence-corrected chi connectivity index (χ1v) is 4.21. The van der Waals surface area contributed by atoms with Gasteiger partial charge in [-0.15, -0.1) is 0 Å². The van der Waals surface area contributed by atoms with Crippen LogP contribution in [0.2, 0.25) is 0 Å². The Balaban J connectivity index is 2.61. The van der Waals surface area contributed by atoms with E-state index in [1.54, 1.807) is 6.92 Å². The van der Waals surface area contributed by atoms with Crippen LogP contribution in [0.5, 0.6) is 0 Å². The SMILES string of the molecule is CC(Cc1ccccc1)C(O)(O)O. The van der Waals surface area contributed by atoms with Gasteiger partial charge < -0.3 is 15.3 Å². The topological polar surface area (TPSA) is 60.7 Å². The van der Waals surface area contributed by atoms with Crippen molar-refractivity contribution in [2.45, 2.75) is 19.3 Å². The van der Waals surface area contributed by atoms with E-state index in [9.17, 15) is 0 Å². The minimum Gasteiger partial charge on any atom is -0.343 e. The van der Waals surface area contributed by atoms with Crippen LogP contribution in [0.1, 0.15) is 12.5 Å². The molecule has 0 aliphatic rings. The highest BCUT2D eigenvalue weighted by atomic mass is 16.7. The van der Waals surface area contributed by atoms with Gasteiger partial charge in [0.2, 0.25) is 0 Å². The van der Waals surface area contributed by atoms with E-state index in [0.717, 1.165) is 5.56 Å². The molecule has 3 N–H and O–H groups in total. The van der Waals surface area contributed by atoms with Crippen LogP contribution in [0.3, 0.4) is 0 Å². The quantitative estimate of drug-likeness (QED) is 0.596. The van der Waals surface area contributed by atoms with Gasteiger partial charge in [0.25, 0.3) is 5.97 Å². The summed E-state index contributed by atoms with van der Waals surface area (Å²) in [5, 5.41) is 26.6. The Bertz CT molecular complexity index is 251. The summed E-state index contributed by atoms with van der Waals surface area (Å²) in [6.07, 6.45) is 0.435. The van der Waals surface area contributed by atoms with Gasteiger partial charge in [0.1, 0.15) is 0 Å². The van der Waals surface area contributed by atoms with Crippen molar-refractivity contribution in [3.63, 3.8) is 0 Å². The van der Waals surface area contributed by atoms with Crippen LogP contribution in [0.25, 0.3) is 0 Å². The highest BCUT2D eigenvalue weighted by molar-refractivity contribution is 5.15. The van der Waals surface area contributed by atoms with Crippen LogP contribution in [-0.2, 0) is 6.42 Å². The van der Waals surface area contributed by atoms with E-state index >= 15 is 0 Å². The molecule has 0 fully saturated rings. The van der Waals surface area contributed by atoms with Crippen LogP contribution in [0.15, 0.2) is 30.3 Å². The summed E-state index contributed by atoms with van der Waals surface area (Å²) in [7, 11) is 0. The van der Waals surface area contributed by atoms with E-state index in [1.807, 2.05) is 30.3 Å². The molecule has 0 saturated carbocycles. The lowest BCUT2D eigenvalue weighted by molar-refractivity contribution is -0.338. The lowest BCUT2D eigenvalue weighted by Crippen LogP contribution is -2.36. The molecule has 0 aliphatic heterocycles. The van der Waals surface area contributed by atoms with Crippen molar-refractivity contribution in [1.29, 1.82) is 0 Å². The number of hydrogen-bond acceptors (Lipinski definition) is 3. The molecule has 0 aliphatic carbocycles. The molecule has 1 unspecified atom stereocenters. The molecule has 0 amide bonds. The Labute approximate surface area is 77.3 Å². The smallest absolute Gasteiger partial charge is 0.278 e. The lowest BCUT2D eigenvalue weighted by atomic mass is 9.99. The first-order valence-electron chi connectivity index (χ1n) is 4.21. The zero-order chi connectivity index (χ0) is 9.90. The standard InChI is InChI=1S/C10H14O3/c1-8(10(11,12)13)7-9-5-3-2-4-6-9/h2-6,8,11-13H,7H2,1H3. The summed E-state index contributed by atoms with van der Waals surface area (Å²) >= 11 is 0. The van der Waals surface area contributed by atoms with Crippen LogP contribution in [-0.4, -0.2) is 21.3 Å². The highest BCUT2D eigenvalue weighted by Gasteiger charge is 2.27. The van der Waals surface area contributed by atoms with Crippen molar-refractivity contribution in [3.05, 3.63) is 35.9 Å². The second kappa shape index (κ2) is 3.87. The normalized spacial score (nSPS) is 14.2. The van der Waals surface area contributed by atoms with E-state index in [2.05, 4.69) is 0 Å². The van der Waals surface area contributed by atoms with E-state index in [4.69, 9.17) is 15.3 Å². The van der Waals surface area contributed by atoms with Gasteiger partial charge in [-0.1, -0.05) is 37.3 Å². The minimum atomic E-state index is -2.59. The van der Waals surface area contributed by atoms with E-state index in [-0.39, 0.29) is 0 Å². The van der Waals surface area contributed by atoms with Crippen LogP contribution >= 0.6 is 0 Å². The Morgan fingerprint density at radius 2 is 1.69 bits per heavy atom. The average molecular weight is 182 g/mol. The van der Waals surface area contributed by atoms with Gasteiger partial charge in [-0.3, -0.25) is 0 Å². The maximum Gasteiger partial charge on any atom is 0.278 e. The van der Waals surface area contributed by atoms with Crippen molar-refractivity contribution >= 4 is 0 Å². The summed E-state index contributed by atoms with van der Waals surface area (Å²) in [6.45, 7) is 1.58. The Morgan fingerprint density at radius 3 is 2.15 bits per heavy atom. The molecule has 0 spiro atoms. The van der Waals surface area contributed by atoms with Gasteiger partial charge >= 0.3 is 0 Å². The molecular weight excluding hydrogens is 168 g/mol. The fourth-order valence-electron chi connectivity index (χ4n) is 1.10. The zero-order valence-electron chi connectivity index (χ0n) is 7.51. The Hall–Kier alpha value is -0.900. The molecule has 0 bridgehead atoms. The van der Waals surface area contributed by atoms with E-state index < -0.39 is 11.9 Å². The van der Waals surface area contributed by atoms with Crippen molar-refractivity contribution < 1.29 is 15.3 Å². The summed E-state index contributed by atoms with van der Waals surface area (Å²) in [5.41, 5.74) is 0.969. The van der Waals surface area contributed by atoms with Crippen molar-refractivity contribution in [1.82, 2.24) is 0 Å². The van der Waals surface area contributed by atoms with Crippen molar-refractivity contribution in [2.75, 3.05) is 0 Å². The molecule has 1 rings (SSSR count). The summed E-state index contributed by atoms with van der Waals surface area (Å²) < 4.78 is 0. The number of benzene rings is 1. The second-order valence-corrected chi connectivity index (χ2v) is 3.28. The fourth-order valence-corrected chi connectivity index (χ4v) is 1.10. The maximum absolute atomic E-state index is 8.86. The highest BCUT2D eigenvalue weighted by Crippen LogP contribution is 2.16. The predicted molar refractivity (Wildman–Crippen MR) is 48.7 cm³/mol. The van der Waals surface area contributed by atoms with Gasteiger partial charge in [0.15, 0.2) is 0 Å². The zero-order valence-corrected chi connectivity index (χ0v) is 7.51. The summed E-state index contributed by atoms with van der Waals surface area (Å²) in [5.74, 6) is -3.19. The molecule has 1 aromatic carbocycles. The van der Waals surface area contributed by atoms with E-state index in [1.165, 1.54) is 0 Å². The molecule has 1 aromatic rings. The number of rotatable bonds is 3. The number of aliphatic hydroxyl groups is 3. The van der Waals surface area contributed by atoms with Crippen LogP contribution < -0.4 is 0 Å². The third kappa shape index (κ3) is 3.14. The Morgan fingerprint density at radius 1 is 1.15 bits per heavy atom. The average Bonchev–Trinajstić information content (AvgIpc) is 2.04. The minimum absolute atomic E-state index is 0.435. The van der Waals surface area contributed by atoms with Gasteiger partial charge in [-0.25, -0.2) is 0 Å². The van der Waals surface area contributed by atoms with Gasteiger partial charge in [0.05, 0.1) is 0 Å². The molecule has 3 nitrogen and oxygen atoms in total. The van der Waals surface area contributed by atoms with Crippen molar-refractivity contribution in [2.24, 2.45) is 5.92 Å². The third-order valence-corrected chi connectivity index (χ3v) is 2.05. The first-order chi connectivity index (χ1) is 6.00. The van der Waals surface area contributed by atoms with Crippen LogP contribution in [0.4, 0.5) is 0 Å².